The fourth-order valence-electron chi connectivity index (χ4n) is 1.37. The van der Waals surface area contributed by atoms with Crippen molar-refractivity contribution >= 4 is 16.2 Å². The van der Waals surface area contributed by atoms with Crippen LogP contribution in [0.15, 0.2) is 0 Å². The first-order chi connectivity index (χ1) is 8.39. The van der Waals surface area contributed by atoms with Crippen LogP contribution in [0.5, 0.6) is 0 Å². The summed E-state index contributed by atoms with van der Waals surface area (Å²) in [6, 6.07) is 0. The summed E-state index contributed by atoms with van der Waals surface area (Å²) in [7, 11) is -0.973. The van der Waals surface area contributed by atoms with Crippen LogP contribution in [-0.4, -0.2) is 68.5 Å². The largest absolute Gasteiger partial charge is 0.469 e. The topological polar surface area (TPSA) is 87.2 Å². The summed E-state index contributed by atoms with van der Waals surface area (Å²) in [5.41, 5.74) is 0. The predicted molar refractivity (Wildman–Crippen MR) is 67.1 cm³/mol. The number of nitrogens with zero attached hydrogens (tertiary/aromatic N) is 2. The van der Waals surface area contributed by atoms with Gasteiger partial charge in [-0.15, -0.1) is 0 Å². The molecule has 0 radical (unpaired) electrons. The van der Waals surface area contributed by atoms with Gasteiger partial charge in [-0.2, -0.15) is 17.0 Å². The van der Waals surface area contributed by atoms with E-state index in [-0.39, 0.29) is 26.1 Å². The molecule has 0 fully saturated rings. The zero-order valence-electron chi connectivity index (χ0n) is 11.1. The number of carbonyl (C=O) groups excluding carboxylic acids is 1. The van der Waals surface area contributed by atoms with Crippen molar-refractivity contribution in [2.24, 2.45) is 0 Å². The molecule has 0 spiro atoms. The zero-order valence-corrected chi connectivity index (χ0v) is 11.9. The molecule has 0 aliphatic carbocycles. The van der Waals surface area contributed by atoms with E-state index in [9.17, 15) is 13.2 Å². The SMILES string of the molecule is CCCN(CCO)S(=O)(=O)N(C)CCC(=O)OC. The molecule has 0 bridgehead atoms. The molecule has 0 rings (SSSR count). The highest BCUT2D eigenvalue weighted by molar-refractivity contribution is 7.86. The molecule has 0 unspecified atom stereocenters. The maximum Gasteiger partial charge on any atom is 0.306 e. The third-order valence-corrected chi connectivity index (χ3v) is 4.39. The smallest absolute Gasteiger partial charge is 0.306 e. The van der Waals surface area contributed by atoms with Gasteiger partial charge in [0.1, 0.15) is 0 Å². The van der Waals surface area contributed by atoms with Crippen LogP contribution in [0.3, 0.4) is 0 Å². The van der Waals surface area contributed by atoms with E-state index in [0.29, 0.717) is 13.0 Å². The van der Waals surface area contributed by atoms with Gasteiger partial charge >= 0.3 is 5.97 Å². The van der Waals surface area contributed by atoms with E-state index in [2.05, 4.69) is 4.74 Å². The summed E-state index contributed by atoms with van der Waals surface area (Å²) in [6.45, 7) is 2.07. The quantitative estimate of drug-likeness (QED) is 0.572. The Morgan fingerprint density at radius 1 is 1.28 bits per heavy atom. The maximum absolute atomic E-state index is 12.1. The highest BCUT2D eigenvalue weighted by Gasteiger charge is 2.26. The van der Waals surface area contributed by atoms with Gasteiger partial charge in [0.2, 0.25) is 0 Å². The van der Waals surface area contributed by atoms with Gasteiger partial charge in [-0.3, -0.25) is 4.79 Å². The molecule has 7 nitrogen and oxygen atoms in total. The molecule has 0 saturated carbocycles. The minimum absolute atomic E-state index is 0.00528. The second kappa shape index (κ2) is 8.41. The van der Waals surface area contributed by atoms with Crippen LogP contribution < -0.4 is 0 Å². The van der Waals surface area contributed by atoms with Crippen molar-refractivity contribution in [2.75, 3.05) is 40.4 Å². The Morgan fingerprint density at radius 2 is 1.89 bits per heavy atom. The summed E-state index contributed by atoms with van der Waals surface area (Å²) in [4.78, 5) is 11.0. The van der Waals surface area contributed by atoms with Crippen molar-refractivity contribution in [2.45, 2.75) is 19.8 Å². The number of carbonyl (C=O) groups is 1. The lowest BCUT2D eigenvalue weighted by Gasteiger charge is -2.26. The van der Waals surface area contributed by atoms with Crippen LogP contribution >= 0.6 is 0 Å². The van der Waals surface area contributed by atoms with Gasteiger partial charge < -0.3 is 9.84 Å². The minimum atomic E-state index is -3.63. The molecule has 108 valence electrons. The van der Waals surface area contributed by atoms with Crippen molar-refractivity contribution < 1.29 is 23.1 Å². The average Bonchev–Trinajstić information content (AvgIpc) is 2.34. The molecule has 0 saturated heterocycles. The average molecular weight is 282 g/mol. The fraction of sp³-hybridized carbons (Fsp3) is 0.900. The summed E-state index contributed by atoms with van der Waals surface area (Å²) in [5, 5.41) is 8.87. The van der Waals surface area contributed by atoms with Gasteiger partial charge in [0.15, 0.2) is 0 Å². The van der Waals surface area contributed by atoms with Gasteiger partial charge in [0.05, 0.1) is 20.1 Å². The Balaban J connectivity index is 4.60. The molecule has 1 N–H and O–H groups in total. The molecular formula is C10H22N2O5S. The number of aliphatic hydroxyl groups is 1. The molecular weight excluding hydrogens is 260 g/mol. The Bertz CT molecular complexity index is 338. The molecule has 0 aromatic rings. The lowest BCUT2D eigenvalue weighted by atomic mass is 10.4. The zero-order chi connectivity index (χ0) is 14.2. The van der Waals surface area contributed by atoms with Crippen LogP contribution in [0.25, 0.3) is 0 Å². The Kier molecular flexibility index (Phi) is 8.08. The fourth-order valence-corrected chi connectivity index (χ4v) is 2.81. The second-order valence-corrected chi connectivity index (χ2v) is 5.81. The van der Waals surface area contributed by atoms with Gasteiger partial charge in [0.25, 0.3) is 10.2 Å². The number of hydrogen-bond acceptors (Lipinski definition) is 5. The molecule has 0 heterocycles. The first-order valence-corrected chi connectivity index (χ1v) is 7.18. The van der Waals surface area contributed by atoms with Crippen LogP contribution in [0.2, 0.25) is 0 Å². The van der Waals surface area contributed by atoms with E-state index >= 15 is 0 Å². The van der Waals surface area contributed by atoms with Gasteiger partial charge in [0, 0.05) is 26.7 Å². The van der Waals surface area contributed by atoms with E-state index in [4.69, 9.17) is 5.11 Å². The van der Waals surface area contributed by atoms with Crippen molar-refractivity contribution in [3.05, 3.63) is 0 Å². The van der Waals surface area contributed by atoms with Gasteiger partial charge in [-0.1, -0.05) is 6.92 Å². The first kappa shape index (κ1) is 17.3. The number of ether oxygens (including phenoxy) is 1. The monoisotopic (exact) mass is 282 g/mol. The first-order valence-electron chi connectivity index (χ1n) is 5.79. The molecule has 0 aliphatic rings. The number of rotatable bonds is 9. The third kappa shape index (κ3) is 5.30. The number of hydrogen-bond donors (Lipinski definition) is 1. The molecule has 0 aromatic carbocycles. The predicted octanol–water partition coefficient (Wildman–Crippen LogP) is -0.570. The van der Waals surface area contributed by atoms with Crippen molar-refractivity contribution in [3.63, 3.8) is 0 Å². The van der Waals surface area contributed by atoms with Crippen LogP contribution in [0.1, 0.15) is 19.8 Å². The van der Waals surface area contributed by atoms with Crippen molar-refractivity contribution in [3.8, 4) is 0 Å². The normalized spacial score (nSPS) is 12.1. The molecule has 0 aromatic heterocycles. The Hall–Kier alpha value is -0.700. The summed E-state index contributed by atoms with van der Waals surface area (Å²) >= 11 is 0. The highest BCUT2D eigenvalue weighted by Crippen LogP contribution is 2.07. The third-order valence-electron chi connectivity index (χ3n) is 2.40. The van der Waals surface area contributed by atoms with E-state index in [1.807, 2.05) is 6.92 Å². The van der Waals surface area contributed by atoms with Crippen LogP contribution in [0, 0.1) is 0 Å². The lowest BCUT2D eigenvalue weighted by molar-refractivity contribution is -0.140. The molecule has 0 atom stereocenters. The van der Waals surface area contributed by atoms with Gasteiger partial charge in [-0.25, -0.2) is 0 Å². The number of methoxy groups -OCH3 is 1. The van der Waals surface area contributed by atoms with E-state index in [0.717, 1.165) is 4.31 Å². The number of aliphatic hydroxyl groups excluding tert-OH is 1. The minimum Gasteiger partial charge on any atom is -0.469 e. The Morgan fingerprint density at radius 3 is 2.33 bits per heavy atom. The summed E-state index contributed by atoms with van der Waals surface area (Å²) in [5.74, 6) is -0.457. The number of esters is 1. The Labute approximate surface area is 109 Å². The van der Waals surface area contributed by atoms with E-state index in [1.165, 1.54) is 18.5 Å². The lowest BCUT2D eigenvalue weighted by Crippen LogP contribution is -2.44. The molecule has 0 aliphatic heterocycles. The van der Waals surface area contributed by atoms with Crippen molar-refractivity contribution in [1.82, 2.24) is 8.61 Å². The maximum atomic E-state index is 12.1. The van der Waals surface area contributed by atoms with E-state index < -0.39 is 16.2 Å². The molecule has 8 heteroatoms. The second-order valence-electron chi connectivity index (χ2n) is 3.78. The van der Waals surface area contributed by atoms with Crippen LogP contribution in [0.4, 0.5) is 0 Å². The van der Waals surface area contributed by atoms with Crippen molar-refractivity contribution in [1.29, 1.82) is 0 Å². The van der Waals surface area contributed by atoms with Gasteiger partial charge in [-0.05, 0) is 6.42 Å². The molecule has 0 amide bonds. The molecule has 18 heavy (non-hydrogen) atoms. The highest BCUT2D eigenvalue weighted by atomic mass is 32.2. The standard InChI is InChI=1S/C10H22N2O5S/c1-4-6-12(8-9-13)18(15,16)11(2)7-5-10(14)17-3/h13H,4-9H2,1-3H3. The summed E-state index contributed by atoms with van der Waals surface area (Å²) in [6.07, 6.45) is 0.662. The summed E-state index contributed by atoms with van der Waals surface area (Å²) < 4.78 is 30.9. The van der Waals surface area contributed by atoms with E-state index in [1.54, 1.807) is 0 Å². The van der Waals surface area contributed by atoms with Crippen LogP contribution in [-0.2, 0) is 19.7 Å².